The maximum Gasteiger partial charge on any atom is 0.262 e. The van der Waals surface area contributed by atoms with Crippen LogP contribution in [0.15, 0.2) is 45.9 Å². The highest BCUT2D eigenvalue weighted by atomic mass is 79.9. The SMILES string of the molecule is Cc1cc(S(=O)(=O)Nc2cccnc2Cl)ccc1Br. The molecule has 0 aliphatic heterocycles. The molecule has 0 spiro atoms. The highest BCUT2D eigenvalue weighted by Gasteiger charge is 2.16. The van der Waals surface area contributed by atoms with Crippen LogP contribution in [0.25, 0.3) is 0 Å². The van der Waals surface area contributed by atoms with Gasteiger partial charge in [0.1, 0.15) is 0 Å². The largest absolute Gasteiger partial charge is 0.276 e. The van der Waals surface area contributed by atoms with E-state index < -0.39 is 10.0 Å². The molecule has 1 aromatic carbocycles. The maximum atomic E-state index is 12.2. The minimum Gasteiger partial charge on any atom is -0.276 e. The molecule has 1 N–H and O–H groups in total. The zero-order chi connectivity index (χ0) is 14.0. The Hall–Kier alpha value is -1.11. The molecule has 7 heteroatoms. The topological polar surface area (TPSA) is 59.1 Å². The predicted molar refractivity (Wildman–Crippen MR) is 78.9 cm³/mol. The molecule has 0 saturated heterocycles. The van der Waals surface area contributed by atoms with Crippen molar-refractivity contribution in [1.29, 1.82) is 0 Å². The van der Waals surface area contributed by atoms with E-state index in [2.05, 4.69) is 25.6 Å². The van der Waals surface area contributed by atoms with Crippen molar-refractivity contribution < 1.29 is 8.42 Å². The van der Waals surface area contributed by atoms with Crippen LogP contribution in [0.2, 0.25) is 5.15 Å². The number of hydrogen-bond donors (Lipinski definition) is 1. The Labute approximate surface area is 125 Å². The molecule has 0 aliphatic carbocycles. The van der Waals surface area contributed by atoms with Gasteiger partial charge in [-0.05, 0) is 42.8 Å². The minimum absolute atomic E-state index is 0.111. The quantitative estimate of drug-likeness (QED) is 0.850. The van der Waals surface area contributed by atoms with Gasteiger partial charge in [-0.15, -0.1) is 0 Å². The predicted octanol–water partition coefficient (Wildman–Crippen LogP) is 3.61. The Morgan fingerprint density at radius 2 is 2.05 bits per heavy atom. The molecule has 2 rings (SSSR count). The normalized spacial score (nSPS) is 11.3. The fraction of sp³-hybridized carbons (Fsp3) is 0.0833. The van der Waals surface area contributed by atoms with Gasteiger partial charge < -0.3 is 0 Å². The number of aryl methyl sites for hydroxylation is 1. The van der Waals surface area contributed by atoms with E-state index in [1.165, 1.54) is 12.3 Å². The number of pyridine rings is 1. The summed E-state index contributed by atoms with van der Waals surface area (Å²) in [5.41, 5.74) is 1.09. The first-order valence-electron chi connectivity index (χ1n) is 5.29. The number of aromatic nitrogens is 1. The summed E-state index contributed by atoms with van der Waals surface area (Å²) in [6.07, 6.45) is 1.49. The van der Waals surface area contributed by atoms with E-state index in [0.29, 0.717) is 0 Å². The van der Waals surface area contributed by atoms with Crippen LogP contribution in [-0.4, -0.2) is 13.4 Å². The van der Waals surface area contributed by atoms with Crippen molar-refractivity contribution in [2.75, 3.05) is 4.72 Å². The minimum atomic E-state index is -3.67. The molecule has 2 aromatic rings. The molecule has 100 valence electrons. The lowest BCUT2D eigenvalue weighted by Crippen LogP contribution is -2.13. The van der Waals surface area contributed by atoms with Gasteiger partial charge in [0, 0.05) is 10.7 Å². The van der Waals surface area contributed by atoms with Crippen molar-refractivity contribution >= 4 is 43.2 Å². The second-order valence-electron chi connectivity index (χ2n) is 3.86. The van der Waals surface area contributed by atoms with Gasteiger partial charge in [0.15, 0.2) is 5.15 Å². The molecule has 0 fully saturated rings. The number of sulfonamides is 1. The van der Waals surface area contributed by atoms with Gasteiger partial charge in [-0.25, -0.2) is 13.4 Å². The summed E-state index contributed by atoms with van der Waals surface area (Å²) in [5, 5.41) is 0.111. The third-order valence-electron chi connectivity index (χ3n) is 2.44. The molecule has 1 heterocycles. The number of benzene rings is 1. The third kappa shape index (κ3) is 3.26. The Morgan fingerprint density at radius 3 is 2.68 bits per heavy atom. The van der Waals surface area contributed by atoms with Crippen molar-refractivity contribution in [2.24, 2.45) is 0 Å². The first-order chi connectivity index (χ1) is 8.90. The fourth-order valence-electron chi connectivity index (χ4n) is 1.45. The smallest absolute Gasteiger partial charge is 0.262 e. The molecule has 0 bridgehead atoms. The Bertz CT molecular complexity index is 719. The van der Waals surface area contributed by atoms with E-state index in [4.69, 9.17) is 11.6 Å². The Balaban J connectivity index is 2.38. The van der Waals surface area contributed by atoms with Crippen LogP contribution in [0, 0.1) is 6.92 Å². The molecule has 1 aromatic heterocycles. The number of nitrogens with zero attached hydrogens (tertiary/aromatic N) is 1. The molecule has 0 aliphatic rings. The maximum absolute atomic E-state index is 12.2. The van der Waals surface area contributed by atoms with Crippen molar-refractivity contribution in [3.8, 4) is 0 Å². The number of halogens is 2. The van der Waals surface area contributed by atoms with Crippen LogP contribution in [-0.2, 0) is 10.0 Å². The summed E-state index contributed by atoms with van der Waals surface area (Å²) in [4.78, 5) is 3.99. The van der Waals surface area contributed by atoms with Crippen molar-refractivity contribution in [2.45, 2.75) is 11.8 Å². The summed E-state index contributed by atoms with van der Waals surface area (Å²) in [7, 11) is -3.67. The van der Waals surface area contributed by atoms with Crippen LogP contribution in [0.1, 0.15) is 5.56 Å². The molecule has 0 saturated carbocycles. The molecule has 0 amide bonds. The molecule has 4 nitrogen and oxygen atoms in total. The van der Waals surface area contributed by atoms with Gasteiger partial charge in [-0.3, -0.25) is 4.72 Å². The first kappa shape index (κ1) is 14.3. The van der Waals surface area contributed by atoms with Gasteiger partial charge in [0.05, 0.1) is 10.6 Å². The van der Waals surface area contributed by atoms with Crippen LogP contribution < -0.4 is 4.72 Å². The standard InChI is InChI=1S/C12H10BrClN2O2S/c1-8-7-9(4-5-10(8)13)19(17,18)16-11-3-2-6-15-12(11)14/h2-7,16H,1H3. The second kappa shape index (κ2) is 5.48. The second-order valence-corrected chi connectivity index (χ2v) is 6.75. The van der Waals surface area contributed by atoms with Crippen molar-refractivity contribution in [1.82, 2.24) is 4.98 Å². The van der Waals surface area contributed by atoms with E-state index >= 15 is 0 Å². The summed E-state index contributed by atoms with van der Waals surface area (Å²) < 4.78 is 27.7. The average Bonchev–Trinajstić information content (AvgIpc) is 2.35. The van der Waals surface area contributed by atoms with E-state index in [1.807, 2.05) is 6.92 Å². The number of nitrogens with one attached hydrogen (secondary N) is 1. The zero-order valence-corrected chi connectivity index (χ0v) is 13.1. The van der Waals surface area contributed by atoms with Gasteiger partial charge in [-0.1, -0.05) is 27.5 Å². The highest BCUT2D eigenvalue weighted by Crippen LogP contribution is 2.24. The van der Waals surface area contributed by atoms with Crippen molar-refractivity contribution in [3.63, 3.8) is 0 Å². The monoisotopic (exact) mass is 360 g/mol. The number of hydrogen-bond acceptors (Lipinski definition) is 3. The molecule has 0 unspecified atom stereocenters. The zero-order valence-electron chi connectivity index (χ0n) is 9.89. The fourth-order valence-corrected chi connectivity index (χ4v) is 3.07. The van der Waals surface area contributed by atoms with Crippen LogP contribution in [0.4, 0.5) is 5.69 Å². The van der Waals surface area contributed by atoms with E-state index in [0.717, 1.165) is 10.0 Å². The lowest BCUT2D eigenvalue weighted by molar-refractivity contribution is 0.601. The Kier molecular flexibility index (Phi) is 4.13. The van der Waals surface area contributed by atoms with Gasteiger partial charge in [-0.2, -0.15) is 0 Å². The average molecular weight is 362 g/mol. The Morgan fingerprint density at radius 1 is 1.32 bits per heavy atom. The van der Waals surface area contributed by atoms with E-state index in [9.17, 15) is 8.42 Å². The summed E-state index contributed by atoms with van der Waals surface area (Å²) >= 11 is 9.16. The van der Waals surface area contributed by atoms with Crippen molar-refractivity contribution in [3.05, 3.63) is 51.7 Å². The molecule has 19 heavy (non-hydrogen) atoms. The lowest BCUT2D eigenvalue weighted by Gasteiger charge is -2.09. The molecular formula is C12H10BrClN2O2S. The first-order valence-corrected chi connectivity index (χ1v) is 7.95. The lowest BCUT2D eigenvalue weighted by atomic mass is 10.2. The van der Waals surface area contributed by atoms with Gasteiger partial charge >= 0.3 is 0 Å². The molecule has 0 atom stereocenters. The summed E-state index contributed by atoms with van der Waals surface area (Å²) in [6, 6.07) is 7.95. The van der Waals surface area contributed by atoms with Crippen LogP contribution in [0.5, 0.6) is 0 Å². The van der Waals surface area contributed by atoms with Crippen LogP contribution in [0.3, 0.4) is 0 Å². The highest BCUT2D eigenvalue weighted by molar-refractivity contribution is 9.10. The number of rotatable bonds is 3. The van der Waals surface area contributed by atoms with Gasteiger partial charge in [0.25, 0.3) is 10.0 Å². The molecular weight excluding hydrogens is 352 g/mol. The van der Waals surface area contributed by atoms with Gasteiger partial charge in [0.2, 0.25) is 0 Å². The van der Waals surface area contributed by atoms with Crippen LogP contribution >= 0.6 is 27.5 Å². The van der Waals surface area contributed by atoms with E-state index in [1.54, 1.807) is 24.3 Å². The van der Waals surface area contributed by atoms with E-state index in [-0.39, 0.29) is 15.7 Å². The third-order valence-corrected chi connectivity index (χ3v) is 5.00. The molecule has 0 radical (unpaired) electrons. The summed E-state index contributed by atoms with van der Waals surface area (Å²) in [6.45, 7) is 1.82. The summed E-state index contributed by atoms with van der Waals surface area (Å²) in [5.74, 6) is 0. The number of anilines is 1.